The summed E-state index contributed by atoms with van der Waals surface area (Å²) in [5.74, 6) is -0.472. The van der Waals surface area contributed by atoms with Gasteiger partial charge in [0.15, 0.2) is 0 Å². The first kappa shape index (κ1) is 18.1. The van der Waals surface area contributed by atoms with E-state index in [2.05, 4.69) is 5.32 Å². The van der Waals surface area contributed by atoms with Crippen molar-refractivity contribution >= 4 is 17.5 Å². The Balaban J connectivity index is 2.17. The topological polar surface area (TPSA) is 92.6 Å². The van der Waals surface area contributed by atoms with Crippen LogP contribution in [-0.4, -0.2) is 35.7 Å². The second-order valence-electron chi connectivity index (χ2n) is 5.64. The zero-order valence-electron chi connectivity index (χ0n) is 14.3. The molecule has 0 aliphatic rings. The summed E-state index contributed by atoms with van der Waals surface area (Å²) in [6.45, 7) is 1.90. The third-order valence-corrected chi connectivity index (χ3v) is 3.94. The molecule has 0 aliphatic carbocycles. The van der Waals surface area contributed by atoms with Gasteiger partial charge in [-0.2, -0.15) is 0 Å². The molecule has 0 saturated heterocycles. The van der Waals surface area contributed by atoms with Gasteiger partial charge < -0.3 is 10.2 Å². The number of rotatable bonds is 5. The number of nitro groups is 1. The van der Waals surface area contributed by atoms with E-state index < -0.39 is 4.92 Å². The van der Waals surface area contributed by atoms with Gasteiger partial charge in [0.25, 0.3) is 17.5 Å². The van der Waals surface area contributed by atoms with Crippen LogP contribution in [0.1, 0.15) is 31.8 Å². The highest BCUT2D eigenvalue weighted by Crippen LogP contribution is 2.22. The molecule has 2 amide bonds. The molecule has 7 heteroatoms. The predicted molar refractivity (Wildman–Crippen MR) is 93.5 cm³/mol. The van der Waals surface area contributed by atoms with Crippen LogP contribution in [0.3, 0.4) is 0 Å². The smallest absolute Gasteiger partial charge is 0.273 e. The molecule has 1 N–H and O–H groups in total. The van der Waals surface area contributed by atoms with Crippen LogP contribution in [0.2, 0.25) is 0 Å². The summed E-state index contributed by atoms with van der Waals surface area (Å²) >= 11 is 0. The second-order valence-corrected chi connectivity index (χ2v) is 5.64. The van der Waals surface area contributed by atoms with Crippen LogP contribution in [0, 0.1) is 17.0 Å². The zero-order valence-corrected chi connectivity index (χ0v) is 14.3. The zero-order chi connectivity index (χ0) is 18.6. The molecule has 130 valence electrons. The van der Waals surface area contributed by atoms with Crippen molar-refractivity contribution in [3.63, 3.8) is 0 Å². The first-order valence-corrected chi connectivity index (χ1v) is 7.65. The third-order valence-electron chi connectivity index (χ3n) is 3.94. The van der Waals surface area contributed by atoms with Crippen LogP contribution >= 0.6 is 0 Å². The molecule has 2 aromatic rings. The fourth-order valence-corrected chi connectivity index (χ4v) is 2.51. The minimum atomic E-state index is -0.496. The molecule has 0 radical (unpaired) electrons. The first-order valence-electron chi connectivity index (χ1n) is 7.65. The number of carbonyl (C=O) groups excluding carboxylic acids is 2. The molecule has 0 atom stereocenters. The molecule has 0 unspecified atom stereocenters. The highest BCUT2D eigenvalue weighted by Gasteiger charge is 2.20. The van der Waals surface area contributed by atoms with E-state index in [1.54, 1.807) is 51.4 Å². The summed E-state index contributed by atoms with van der Waals surface area (Å²) in [4.78, 5) is 36.1. The number of nitrogens with one attached hydrogen (secondary N) is 1. The predicted octanol–water partition coefficient (Wildman–Crippen LogP) is 2.54. The molecule has 25 heavy (non-hydrogen) atoms. The van der Waals surface area contributed by atoms with Crippen LogP contribution in [0.5, 0.6) is 0 Å². The van der Waals surface area contributed by atoms with E-state index in [1.807, 2.05) is 0 Å². The Kier molecular flexibility index (Phi) is 5.49. The van der Waals surface area contributed by atoms with Crippen LogP contribution in [0.15, 0.2) is 42.5 Å². The quantitative estimate of drug-likeness (QED) is 0.668. The molecule has 0 spiro atoms. The Bertz CT molecular complexity index is 816. The van der Waals surface area contributed by atoms with Crippen molar-refractivity contribution in [2.45, 2.75) is 13.5 Å². The van der Waals surface area contributed by atoms with E-state index in [-0.39, 0.29) is 17.5 Å². The maximum Gasteiger partial charge on any atom is 0.273 e. The van der Waals surface area contributed by atoms with Crippen molar-refractivity contribution in [1.29, 1.82) is 0 Å². The van der Waals surface area contributed by atoms with Gasteiger partial charge in [0, 0.05) is 43.4 Å². The molecule has 0 heterocycles. The first-order chi connectivity index (χ1) is 11.8. The van der Waals surface area contributed by atoms with Gasteiger partial charge >= 0.3 is 0 Å². The fourth-order valence-electron chi connectivity index (χ4n) is 2.51. The maximum absolute atomic E-state index is 12.6. The fraction of sp³-hybridized carbons (Fsp3) is 0.222. The Morgan fingerprint density at radius 1 is 1.16 bits per heavy atom. The summed E-state index contributed by atoms with van der Waals surface area (Å²) < 4.78 is 0. The average molecular weight is 341 g/mol. The summed E-state index contributed by atoms with van der Waals surface area (Å²) in [7, 11) is 3.19. The number of hydrogen-bond donors (Lipinski definition) is 1. The molecular formula is C18H19N3O4. The van der Waals surface area contributed by atoms with Crippen molar-refractivity contribution in [2.75, 3.05) is 14.1 Å². The Morgan fingerprint density at radius 3 is 2.36 bits per heavy atom. The summed E-state index contributed by atoms with van der Waals surface area (Å²) in [5, 5.41) is 13.6. The van der Waals surface area contributed by atoms with Crippen LogP contribution in [0.25, 0.3) is 0 Å². The van der Waals surface area contributed by atoms with E-state index in [9.17, 15) is 19.7 Å². The number of benzene rings is 2. The van der Waals surface area contributed by atoms with E-state index in [4.69, 9.17) is 0 Å². The van der Waals surface area contributed by atoms with E-state index in [1.165, 1.54) is 17.0 Å². The normalized spacial score (nSPS) is 10.2. The third kappa shape index (κ3) is 4.00. The van der Waals surface area contributed by atoms with Gasteiger partial charge in [-0.25, -0.2) is 0 Å². The maximum atomic E-state index is 12.6. The van der Waals surface area contributed by atoms with E-state index >= 15 is 0 Å². The molecule has 0 aromatic heterocycles. The average Bonchev–Trinajstić information content (AvgIpc) is 2.61. The highest BCUT2D eigenvalue weighted by molar-refractivity contribution is 5.96. The van der Waals surface area contributed by atoms with Gasteiger partial charge in [-0.1, -0.05) is 18.2 Å². The Labute approximate surface area is 145 Å². The van der Waals surface area contributed by atoms with Crippen molar-refractivity contribution in [1.82, 2.24) is 10.2 Å². The molecule has 0 saturated carbocycles. The number of hydrogen-bond acceptors (Lipinski definition) is 4. The largest absolute Gasteiger partial charge is 0.355 e. The van der Waals surface area contributed by atoms with Gasteiger partial charge in [-0.05, 0) is 30.7 Å². The monoisotopic (exact) mass is 341 g/mol. The van der Waals surface area contributed by atoms with Gasteiger partial charge in [0.1, 0.15) is 0 Å². The summed E-state index contributed by atoms with van der Waals surface area (Å²) in [6, 6.07) is 11.4. The van der Waals surface area contributed by atoms with Crippen molar-refractivity contribution in [2.24, 2.45) is 0 Å². The van der Waals surface area contributed by atoms with Crippen molar-refractivity contribution in [3.8, 4) is 0 Å². The van der Waals surface area contributed by atoms with Crippen molar-refractivity contribution < 1.29 is 14.5 Å². The second kappa shape index (κ2) is 7.57. The highest BCUT2D eigenvalue weighted by atomic mass is 16.6. The standard InChI is InChI=1S/C18H19N3O4/c1-12-15(5-4-6-16(12)21(24)25)18(23)20(3)11-13-7-9-14(10-8-13)17(22)19-2/h4-10H,11H2,1-3H3,(H,19,22). The number of amides is 2. The lowest BCUT2D eigenvalue weighted by Crippen LogP contribution is -2.27. The number of nitrogens with zero attached hydrogens (tertiary/aromatic N) is 2. The lowest BCUT2D eigenvalue weighted by atomic mass is 10.1. The number of nitro benzene ring substituents is 1. The van der Waals surface area contributed by atoms with E-state index in [0.29, 0.717) is 23.2 Å². The molecule has 2 rings (SSSR count). The van der Waals surface area contributed by atoms with Gasteiger partial charge in [0.2, 0.25) is 0 Å². The molecule has 0 aliphatic heterocycles. The Hall–Kier alpha value is -3.22. The summed E-state index contributed by atoms with van der Waals surface area (Å²) in [5.41, 5.74) is 1.97. The SMILES string of the molecule is CNC(=O)c1ccc(CN(C)C(=O)c2cccc([N+](=O)[O-])c2C)cc1. The van der Waals surface area contributed by atoms with Crippen LogP contribution in [-0.2, 0) is 6.54 Å². The molecular weight excluding hydrogens is 322 g/mol. The lowest BCUT2D eigenvalue weighted by Gasteiger charge is -2.18. The van der Waals surface area contributed by atoms with Crippen LogP contribution < -0.4 is 5.32 Å². The van der Waals surface area contributed by atoms with Gasteiger partial charge in [-0.15, -0.1) is 0 Å². The molecule has 0 fully saturated rings. The van der Waals surface area contributed by atoms with Crippen LogP contribution in [0.4, 0.5) is 5.69 Å². The van der Waals surface area contributed by atoms with Gasteiger partial charge in [0.05, 0.1) is 4.92 Å². The van der Waals surface area contributed by atoms with E-state index in [0.717, 1.165) is 5.56 Å². The van der Waals surface area contributed by atoms with Gasteiger partial charge in [-0.3, -0.25) is 19.7 Å². The minimum Gasteiger partial charge on any atom is -0.355 e. The summed E-state index contributed by atoms with van der Waals surface area (Å²) in [6.07, 6.45) is 0. The minimum absolute atomic E-state index is 0.0748. The molecule has 7 nitrogen and oxygen atoms in total. The van der Waals surface area contributed by atoms with Crippen molar-refractivity contribution in [3.05, 3.63) is 74.8 Å². The number of carbonyl (C=O) groups is 2. The lowest BCUT2D eigenvalue weighted by molar-refractivity contribution is -0.385. The molecule has 0 bridgehead atoms. The Morgan fingerprint density at radius 2 is 1.80 bits per heavy atom. The molecule has 2 aromatic carbocycles.